The van der Waals surface area contributed by atoms with Crippen LogP contribution in [-0.4, -0.2) is 52.6 Å². The molecule has 220 valence electrons. The Bertz CT molecular complexity index is 2040. The fourth-order valence-corrected chi connectivity index (χ4v) is 5.94. The van der Waals surface area contributed by atoms with Crippen LogP contribution in [0.25, 0.3) is 10.8 Å². The summed E-state index contributed by atoms with van der Waals surface area (Å²) >= 11 is 0. The van der Waals surface area contributed by atoms with Crippen molar-refractivity contribution in [2.75, 3.05) is 17.7 Å². The predicted molar refractivity (Wildman–Crippen MR) is 146 cm³/mol. The van der Waals surface area contributed by atoms with Gasteiger partial charge in [-0.2, -0.15) is 18.6 Å². The van der Waals surface area contributed by atoms with Gasteiger partial charge in [-0.05, 0) is 59.3 Å². The molecule has 0 aromatic heterocycles. The summed E-state index contributed by atoms with van der Waals surface area (Å²) in [6, 6.07) is 17.2. The standard InChI is InChI=1S/C25H21N3O11S3.2Na/c29-24-21-7-2-1-6-20(21)23(41(33,34)35)15-22(24)28-27-17-10-8-16(9-11-17)25(30)26-18-4-3-5-19(14-18)40(31,32)13-12-39-42(36,37)38;;/h1-11,14-15,29H,12-13H2,(H,26,30)(H,33,34,35)(H,36,37,38);;/q;2*+1/p-2. The van der Waals surface area contributed by atoms with Crippen LogP contribution in [0.5, 0.6) is 5.75 Å². The Morgan fingerprint density at radius 1 is 0.841 bits per heavy atom. The summed E-state index contributed by atoms with van der Waals surface area (Å²) < 4.78 is 93.9. The second-order valence-corrected chi connectivity index (χ2v) is 13.1. The van der Waals surface area contributed by atoms with Gasteiger partial charge in [0.05, 0.1) is 33.5 Å². The van der Waals surface area contributed by atoms with E-state index in [-0.39, 0.29) is 97.4 Å². The zero-order chi connectivity index (χ0) is 30.7. The number of hydrogen-bond donors (Lipinski definition) is 2. The smallest absolute Gasteiger partial charge is 0.871 e. The second-order valence-electron chi connectivity index (χ2n) is 8.52. The normalized spacial score (nSPS) is 12.0. The van der Waals surface area contributed by atoms with Crippen molar-refractivity contribution in [2.45, 2.75) is 9.79 Å². The first-order chi connectivity index (χ1) is 19.6. The minimum absolute atomic E-state index is 0. The predicted octanol–water partition coefficient (Wildman–Crippen LogP) is -2.91. The van der Waals surface area contributed by atoms with Gasteiger partial charge in [0.2, 0.25) is 0 Å². The molecule has 0 aliphatic carbocycles. The van der Waals surface area contributed by atoms with Crippen molar-refractivity contribution in [1.29, 1.82) is 0 Å². The largest absolute Gasteiger partial charge is 1.00 e. The first-order valence-corrected chi connectivity index (χ1v) is 16.0. The van der Waals surface area contributed by atoms with E-state index in [1.807, 2.05) is 0 Å². The second kappa shape index (κ2) is 15.4. The number of anilines is 1. The molecule has 4 aromatic carbocycles. The summed E-state index contributed by atoms with van der Waals surface area (Å²) in [5.41, 5.74) is 0.0674. The molecule has 0 fully saturated rings. The number of rotatable bonds is 10. The van der Waals surface area contributed by atoms with Crippen molar-refractivity contribution in [1.82, 2.24) is 0 Å². The number of azo groups is 1. The molecule has 0 unspecified atom stereocenters. The number of nitrogens with one attached hydrogen (secondary N) is 1. The summed E-state index contributed by atoms with van der Waals surface area (Å²) in [6.07, 6.45) is 0. The molecule has 4 rings (SSSR count). The zero-order valence-corrected chi connectivity index (χ0v) is 29.5. The Kier molecular flexibility index (Phi) is 13.2. The van der Waals surface area contributed by atoms with Gasteiger partial charge < -0.3 is 15.0 Å². The number of hydrogen-bond acceptors (Lipinski definition) is 12. The summed E-state index contributed by atoms with van der Waals surface area (Å²) in [5.74, 6) is -2.00. The minimum Gasteiger partial charge on any atom is -0.871 e. The maximum absolute atomic E-state index is 12.7. The Morgan fingerprint density at radius 3 is 2.09 bits per heavy atom. The third-order valence-electron chi connectivity index (χ3n) is 5.64. The monoisotopic (exact) mass is 679 g/mol. The van der Waals surface area contributed by atoms with Gasteiger partial charge in [-0.1, -0.05) is 36.1 Å². The van der Waals surface area contributed by atoms with Crippen molar-refractivity contribution >= 4 is 64.1 Å². The average molecular weight is 680 g/mol. The number of carbonyl (C=O) groups is 1. The van der Waals surface area contributed by atoms with E-state index in [1.54, 1.807) is 0 Å². The van der Waals surface area contributed by atoms with Crippen molar-refractivity contribution < 1.29 is 108 Å². The van der Waals surface area contributed by atoms with Gasteiger partial charge >= 0.3 is 69.5 Å². The van der Waals surface area contributed by atoms with E-state index in [2.05, 4.69) is 19.7 Å². The van der Waals surface area contributed by atoms with E-state index in [9.17, 15) is 39.7 Å². The van der Waals surface area contributed by atoms with Crippen LogP contribution in [0, 0.1) is 0 Å². The molecule has 0 spiro atoms. The fourth-order valence-electron chi connectivity index (χ4n) is 3.71. The molecule has 1 amide bonds. The van der Waals surface area contributed by atoms with E-state index in [1.165, 1.54) is 66.7 Å². The molecule has 0 saturated carbocycles. The van der Waals surface area contributed by atoms with E-state index in [0.717, 1.165) is 12.1 Å². The molecule has 0 atom stereocenters. The Labute approximate surface area is 296 Å². The van der Waals surface area contributed by atoms with Crippen molar-refractivity contribution in [2.24, 2.45) is 10.2 Å². The molecule has 0 heterocycles. The summed E-state index contributed by atoms with van der Waals surface area (Å²) in [7, 11) is -13.7. The first-order valence-electron chi connectivity index (χ1n) is 11.6. The number of nitrogens with zero attached hydrogens (tertiary/aromatic N) is 2. The van der Waals surface area contributed by atoms with Gasteiger partial charge in [0, 0.05) is 11.3 Å². The van der Waals surface area contributed by atoms with Gasteiger partial charge in [-0.25, -0.2) is 21.0 Å². The summed E-state index contributed by atoms with van der Waals surface area (Å²) in [6.45, 7) is -0.808. The van der Waals surface area contributed by atoms with Crippen LogP contribution in [0.2, 0.25) is 0 Å². The molecule has 14 nitrogen and oxygen atoms in total. The van der Waals surface area contributed by atoms with Crippen molar-refractivity contribution in [3.63, 3.8) is 0 Å². The van der Waals surface area contributed by atoms with Crippen LogP contribution in [0.3, 0.4) is 0 Å². The molecule has 2 N–H and O–H groups in total. The van der Waals surface area contributed by atoms with Crippen LogP contribution in [-0.2, 0) is 34.5 Å². The number of carbonyl (C=O) groups excluding carboxylic acids is 1. The third kappa shape index (κ3) is 9.87. The Morgan fingerprint density at radius 2 is 1.48 bits per heavy atom. The molecule has 0 saturated heterocycles. The SMILES string of the molecule is O=C(Nc1cccc(S(=O)(=O)CCOS(=O)(=O)O)c1)c1ccc(N=Nc2cc(S(=O)(=O)[O-])c3ccccc3c2[O-])cc1.[Na+].[Na+]. The van der Waals surface area contributed by atoms with Gasteiger partial charge in [-0.3, -0.25) is 9.35 Å². The van der Waals surface area contributed by atoms with E-state index in [0.29, 0.717) is 0 Å². The Balaban J connectivity index is 0.00000337. The molecule has 19 heteroatoms. The van der Waals surface area contributed by atoms with Crippen LogP contribution in [0.1, 0.15) is 10.4 Å². The maximum atomic E-state index is 12.7. The molecule has 0 radical (unpaired) electrons. The molecule has 0 bridgehead atoms. The van der Waals surface area contributed by atoms with E-state index >= 15 is 0 Å². The van der Waals surface area contributed by atoms with E-state index in [4.69, 9.17) is 4.55 Å². The molecule has 4 aromatic rings. The summed E-state index contributed by atoms with van der Waals surface area (Å²) in [5, 5.41) is 22.9. The number of amides is 1. The molecular weight excluding hydrogens is 660 g/mol. The quantitative estimate of drug-likeness (QED) is 0.0980. The first kappa shape index (κ1) is 37.9. The number of fused-ring (bicyclic) bond motifs is 1. The van der Waals surface area contributed by atoms with Crippen LogP contribution in [0.4, 0.5) is 17.1 Å². The van der Waals surface area contributed by atoms with Gasteiger partial charge in [0.15, 0.2) is 9.84 Å². The van der Waals surface area contributed by atoms with E-state index < -0.39 is 59.3 Å². The van der Waals surface area contributed by atoms with Gasteiger partial charge in [0.1, 0.15) is 10.1 Å². The number of benzene rings is 4. The maximum Gasteiger partial charge on any atom is 1.00 e. The van der Waals surface area contributed by atoms with Gasteiger partial charge in [0.25, 0.3) is 5.91 Å². The van der Waals surface area contributed by atoms with Gasteiger partial charge in [-0.15, -0.1) is 0 Å². The topological polar surface area (TPSA) is 232 Å². The molecular formula is C25H19N3Na2O11S3. The molecule has 44 heavy (non-hydrogen) atoms. The van der Waals surface area contributed by atoms with Crippen LogP contribution < -0.4 is 69.5 Å². The average Bonchev–Trinajstić information content (AvgIpc) is 2.92. The fraction of sp³-hybridized carbons (Fsp3) is 0.0800. The molecule has 0 aliphatic heterocycles. The van der Waals surface area contributed by atoms with Crippen molar-refractivity contribution in [3.05, 3.63) is 84.4 Å². The van der Waals surface area contributed by atoms with Crippen molar-refractivity contribution in [3.8, 4) is 5.75 Å². The zero-order valence-electron chi connectivity index (χ0n) is 23.1. The summed E-state index contributed by atoms with van der Waals surface area (Å²) in [4.78, 5) is 11.9. The Hall–Kier alpha value is -2.26. The van der Waals surface area contributed by atoms with Crippen LogP contribution >= 0.6 is 0 Å². The third-order valence-corrected chi connectivity index (χ3v) is 8.66. The van der Waals surface area contributed by atoms with Crippen LogP contribution in [0.15, 0.2) is 98.9 Å². The minimum atomic E-state index is -4.92. The molecule has 0 aliphatic rings. The number of sulfone groups is 1.